The van der Waals surface area contributed by atoms with Gasteiger partial charge in [0, 0.05) is 44.7 Å². The number of nitrogens with zero attached hydrogens (tertiary/aromatic N) is 4. The van der Waals surface area contributed by atoms with Gasteiger partial charge >= 0.3 is 0 Å². The van der Waals surface area contributed by atoms with Crippen LogP contribution in [0.15, 0.2) is 36.7 Å². The fraction of sp³-hybridized carbons (Fsp3) is 0.556. The predicted octanol–water partition coefficient (Wildman–Crippen LogP) is 2.27. The molecule has 23 heavy (non-hydrogen) atoms. The topological polar surface area (TPSA) is 46.0 Å². The maximum atomic E-state index is 4.13. The average Bonchev–Trinajstić information content (AvgIpc) is 3.24. The highest BCUT2D eigenvalue weighted by Crippen LogP contribution is 2.24. The molecule has 3 rings (SSSR count). The van der Waals surface area contributed by atoms with E-state index in [4.69, 9.17) is 0 Å². The van der Waals surface area contributed by atoms with E-state index >= 15 is 0 Å². The Morgan fingerprint density at radius 3 is 2.91 bits per heavy atom. The summed E-state index contributed by atoms with van der Waals surface area (Å²) in [6.07, 6.45) is 3.99. The zero-order valence-electron chi connectivity index (χ0n) is 14.2. The molecular weight excluding hydrogens is 286 g/mol. The van der Waals surface area contributed by atoms with Gasteiger partial charge < -0.3 is 9.88 Å². The smallest absolute Gasteiger partial charge is 0.132 e. The molecule has 2 heterocycles. The molecule has 0 aliphatic carbocycles. The van der Waals surface area contributed by atoms with Crippen molar-refractivity contribution in [1.29, 1.82) is 0 Å². The van der Waals surface area contributed by atoms with Gasteiger partial charge in [0.05, 0.1) is 0 Å². The normalized spacial score (nSPS) is 20.0. The van der Waals surface area contributed by atoms with Gasteiger partial charge in [-0.3, -0.25) is 4.90 Å². The molecule has 1 aromatic heterocycles. The van der Waals surface area contributed by atoms with Gasteiger partial charge in [0.2, 0.25) is 0 Å². The minimum Gasteiger partial charge on any atom is -0.316 e. The lowest BCUT2D eigenvalue weighted by Gasteiger charge is -2.25. The molecule has 124 valence electrons. The molecule has 1 aromatic carbocycles. The summed E-state index contributed by atoms with van der Waals surface area (Å²) in [5, 5.41) is 11.8. The van der Waals surface area contributed by atoms with Crippen LogP contribution in [-0.4, -0.2) is 45.3 Å². The van der Waals surface area contributed by atoms with E-state index in [2.05, 4.69) is 69.2 Å². The molecule has 0 radical (unpaired) electrons. The first-order valence-electron chi connectivity index (χ1n) is 8.67. The van der Waals surface area contributed by atoms with Crippen LogP contribution >= 0.6 is 0 Å². The van der Waals surface area contributed by atoms with Crippen molar-refractivity contribution in [2.75, 3.05) is 19.6 Å². The quantitative estimate of drug-likeness (QED) is 0.852. The molecule has 0 saturated carbocycles. The summed E-state index contributed by atoms with van der Waals surface area (Å²) in [5.41, 5.74) is 1.41. The van der Waals surface area contributed by atoms with Crippen LogP contribution in [-0.2, 0) is 13.0 Å². The van der Waals surface area contributed by atoms with Crippen LogP contribution in [0, 0.1) is 0 Å². The van der Waals surface area contributed by atoms with Crippen molar-refractivity contribution in [2.45, 2.75) is 45.3 Å². The number of rotatable bonds is 7. The van der Waals surface area contributed by atoms with E-state index in [1.807, 2.05) is 6.33 Å². The molecule has 1 aliphatic heterocycles. The largest absolute Gasteiger partial charge is 0.316 e. The third kappa shape index (κ3) is 3.98. The fourth-order valence-electron chi connectivity index (χ4n) is 3.38. The van der Waals surface area contributed by atoms with Crippen LogP contribution < -0.4 is 5.32 Å². The number of aryl methyl sites for hydroxylation is 1. The molecular formula is C18H27N5. The molecule has 1 saturated heterocycles. The third-order valence-electron chi connectivity index (χ3n) is 4.85. The van der Waals surface area contributed by atoms with Crippen LogP contribution in [0.25, 0.3) is 0 Å². The van der Waals surface area contributed by atoms with E-state index in [1.165, 1.54) is 18.5 Å². The molecule has 1 aliphatic rings. The van der Waals surface area contributed by atoms with Gasteiger partial charge in [0.15, 0.2) is 0 Å². The highest BCUT2D eigenvalue weighted by Gasteiger charge is 2.26. The summed E-state index contributed by atoms with van der Waals surface area (Å²) in [4.78, 5) is 2.57. The Bertz CT molecular complexity index is 594. The van der Waals surface area contributed by atoms with Gasteiger partial charge in [-0.15, -0.1) is 10.2 Å². The van der Waals surface area contributed by atoms with Crippen LogP contribution in [0.2, 0.25) is 0 Å². The van der Waals surface area contributed by atoms with Crippen LogP contribution in [0.1, 0.15) is 37.7 Å². The summed E-state index contributed by atoms with van der Waals surface area (Å²) >= 11 is 0. The Labute approximate surface area is 138 Å². The van der Waals surface area contributed by atoms with E-state index in [0.717, 1.165) is 31.9 Å². The zero-order chi connectivity index (χ0) is 16.1. The van der Waals surface area contributed by atoms with Crippen molar-refractivity contribution < 1.29 is 0 Å². The minimum atomic E-state index is 0.493. The number of benzene rings is 1. The van der Waals surface area contributed by atoms with Gasteiger partial charge in [-0.25, -0.2) is 0 Å². The maximum Gasteiger partial charge on any atom is 0.132 e. The summed E-state index contributed by atoms with van der Waals surface area (Å²) < 4.78 is 2.15. The van der Waals surface area contributed by atoms with Crippen LogP contribution in [0.5, 0.6) is 0 Å². The highest BCUT2D eigenvalue weighted by molar-refractivity contribution is 5.18. The molecule has 5 nitrogen and oxygen atoms in total. The number of hydrogen-bond donors (Lipinski definition) is 1. The Hall–Kier alpha value is -1.72. The third-order valence-corrected chi connectivity index (χ3v) is 4.85. The molecule has 5 heteroatoms. The van der Waals surface area contributed by atoms with Crippen molar-refractivity contribution in [3.8, 4) is 0 Å². The van der Waals surface area contributed by atoms with Gasteiger partial charge in [0.25, 0.3) is 0 Å². The average molecular weight is 313 g/mol. The zero-order valence-corrected chi connectivity index (χ0v) is 14.2. The molecule has 2 atom stereocenters. The number of aromatic nitrogens is 3. The molecule has 2 aromatic rings. The van der Waals surface area contributed by atoms with Gasteiger partial charge in [-0.05, 0) is 18.9 Å². The van der Waals surface area contributed by atoms with Gasteiger partial charge in [0.1, 0.15) is 12.2 Å². The monoisotopic (exact) mass is 313 g/mol. The second-order valence-corrected chi connectivity index (χ2v) is 6.32. The highest BCUT2D eigenvalue weighted by atomic mass is 15.3. The lowest BCUT2D eigenvalue weighted by atomic mass is 10.1. The predicted molar refractivity (Wildman–Crippen MR) is 92.2 cm³/mol. The molecule has 0 bridgehead atoms. The van der Waals surface area contributed by atoms with E-state index in [-0.39, 0.29) is 0 Å². The number of likely N-dealkylation sites (tertiary alicyclic amines) is 1. The van der Waals surface area contributed by atoms with Crippen molar-refractivity contribution in [2.24, 2.45) is 0 Å². The number of nitrogens with one attached hydrogen (secondary N) is 1. The first-order valence-corrected chi connectivity index (χ1v) is 8.67. The minimum absolute atomic E-state index is 0.493. The Morgan fingerprint density at radius 1 is 1.30 bits per heavy atom. The molecule has 1 N–H and O–H groups in total. The molecule has 1 fully saturated rings. The molecule has 0 unspecified atom stereocenters. The van der Waals surface area contributed by atoms with E-state index in [0.29, 0.717) is 12.1 Å². The fourth-order valence-corrected chi connectivity index (χ4v) is 3.38. The molecule has 0 spiro atoms. The van der Waals surface area contributed by atoms with Crippen LogP contribution in [0.3, 0.4) is 0 Å². The standard InChI is InChI=1S/C18H27N5/c1-3-18-21-20-14-23(18)12-10-19-17-9-11-22(13-17)15(2)16-7-5-4-6-8-16/h4-8,14-15,17,19H,3,9-13H2,1-2H3/t15-,17-/m0/s1. The van der Waals surface area contributed by atoms with E-state index < -0.39 is 0 Å². The maximum absolute atomic E-state index is 4.13. The Kier molecular flexibility index (Phi) is 5.41. The van der Waals surface area contributed by atoms with Crippen molar-refractivity contribution in [3.05, 3.63) is 48.0 Å². The second-order valence-electron chi connectivity index (χ2n) is 6.32. The summed E-state index contributed by atoms with van der Waals surface area (Å²) in [5.74, 6) is 1.07. The van der Waals surface area contributed by atoms with Crippen LogP contribution in [0.4, 0.5) is 0 Å². The lowest BCUT2D eigenvalue weighted by Crippen LogP contribution is -2.35. The van der Waals surface area contributed by atoms with Gasteiger partial charge in [-0.2, -0.15) is 0 Å². The summed E-state index contributed by atoms with van der Waals surface area (Å²) in [7, 11) is 0. The summed E-state index contributed by atoms with van der Waals surface area (Å²) in [6.45, 7) is 8.64. The summed E-state index contributed by atoms with van der Waals surface area (Å²) in [6, 6.07) is 11.9. The van der Waals surface area contributed by atoms with Gasteiger partial charge in [-0.1, -0.05) is 37.3 Å². The first kappa shape index (κ1) is 16.1. The number of hydrogen-bond acceptors (Lipinski definition) is 4. The van der Waals surface area contributed by atoms with Crippen molar-refractivity contribution in [1.82, 2.24) is 25.0 Å². The van der Waals surface area contributed by atoms with E-state index in [9.17, 15) is 0 Å². The van der Waals surface area contributed by atoms with Crippen molar-refractivity contribution >= 4 is 0 Å². The Balaban J connectivity index is 1.45. The lowest BCUT2D eigenvalue weighted by molar-refractivity contribution is 0.255. The first-order chi connectivity index (χ1) is 11.3. The second kappa shape index (κ2) is 7.70. The van der Waals surface area contributed by atoms with E-state index in [1.54, 1.807) is 0 Å². The Morgan fingerprint density at radius 2 is 2.13 bits per heavy atom. The SMILES string of the molecule is CCc1nncn1CCN[C@H]1CCN([C@@H](C)c2ccccc2)C1. The molecule has 0 amide bonds. The van der Waals surface area contributed by atoms with Crippen molar-refractivity contribution in [3.63, 3.8) is 0 Å².